The molecule has 0 saturated heterocycles. The molecule has 0 spiro atoms. The topological polar surface area (TPSA) is 54.5 Å². The molecule has 4 nitrogen and oxygen atoms in total. The van der Waals surface area contributed by atoms with Gasteiger partial charge in [0, 0.05) is 34.4 Å². The summed E-state index contributed by atoms with van der Waals surface area (Å²) in [7, 11) is 3.09. The van der Waals surface area contributed by atoms with Gasteiger partial charge < -0.3 is 4.90 Å². The molecule has 1 aromatic rings. The lowest BCUT2D eigenvalue weighted by Crippen LogP contribution is -2.34. The monoisotopic (exact) mass is 337 g/mol. The fourth-order valence-corrected chi connectivity index (χ4v) is 3.21. The summed E-state index contributed by atoms with van der Waals surface area (Å²) in [4.78, 5) is 13.7. The predicted molar refractivity (Wildman–Crippen MR) is 81.1 cm³/mol. The molecular weight excluding hydrogens is 321 g/mol. The van der Waals surface area contributed by atoms with Crippen molar-refractivity contribution in [2.75, 3.05) is 7.05 Å². The molecule has 1 atom stereocenters. The van der Waals surface area contributed by atoms with Gasteiger partial charge in [0.05, 0.1) is 4.90 Å². The Balaban J connectivity index is 3.35. The van der Waals surface area contributed by atoms with Crippen molar-refractivity contribution in [3.8, 4) is 0 Å². The smallest absolute Gasteiger partial charge is 0.261 e. The molecule has 1 unspecified atom stereocenters. The van der Waals surface area contributed by atoms with Crippen molar-refractivity contribution >= 4 is 37.2 Å². The summed E-state index contributed by atoms with van der Waals surface area (Å²) in [6.45, 7) is 5.42. The van der Waals surface area contributed by atoms with Crippen molar-refractivity contribution in [3.05, 3.63) is 28.3 Å². The van der Waals surface area contributed by atoms with Crippen LogP contribution in [0.25, 0.3) is 0 Å². The van der Waals surface area contributed by atoms with Crippen LogP contribution in [-0.4, -0.2) is 32.3 Å². The van der Waals surface area contributed by atoms with Gasteiger partial charge in [-0.15, -0.1) is 0 Å². The number of amides is 1. The Morgan fingerprint density at radius 1 is 1.40 bits per heavy atom. The van der Waals surface area contributed by atoms with E-state index in [4.69, 9.17) is 22.3 Å². The minimum absolute atomic E-state index is 0.0404. The molecule has 7 heteroatoms. The average molecular weight is 338 g/mol. The van der Waals surface area contributed by atoms with Crippen LogP contribution in [0.4, 0.5) is 0 Å². The Kier molecular flexibility index (Phi) is 5.46. The van der Waals surface area contributed by atoms with E-state index in [1.165, 1.54) is 12.1 Å². The minimum atomic E-state index is -3.95. The average Bonchev–Trinajstić information content (AvgIpc) is 2.37. The van der Waals surface area contributed by atoms with Gasteiger partial charge in [0.1, 0.15) is 0 Å². The first-order chi connectivity index (χ1) is 9.09. The van der Waals surface area contributed by atoms with Crippen LogP contribution in [0.1, 0.15) is 36.2 Å². The van der Waals surface area contributed by atoms with Gasteiger partial charge in [-0.3, -0.25) is 4.79 Å². The number of nitrogens with zero attached hydrogens (tertiary/aromatic N) is 1. The van der Waals surface area contributed by atoms with Crippen molar-refractivity contribution in [2.45, 2.75) is 38.1 Å². The van der Waals surface area contributed by atoms with Gasteiger partial charge in [-0.05, 0) is 38.0 Å². The molecule has 0 N–H and O–H groups in total. The molecule has 0 bridgehead atoms. The van der Waals surface area contributed by atoms with Crippen LogP contribution in [0.3, 0.4) is 0 Å². The van der Waals surface area contributed by atoms with Gasteiger partial charge in [0.15, 0.2) is 0 Å². The molecule has 0 saturated carbocycles. The van der Waals surface area contributed by atoms with E-state index in [9.17, 15) is 13.2 Å². The SMILES string of the molecule is CCC(C)N(C)C(=O)c1cc(Cl)c(C)c(S(=O)(=O)Cl)c1. The number of hydrogen-bond acceptors (Lipinski definition) is 3. The molecule has 20 heavy (non-hydrogen) atoms. The van der Waals surface area contributed by atoms with Gasteiger partial charge >= 0.3 is 0 Å². The number of rotatable bonds is 4. The fourth-order valence-electron chi connectivity index (χ4n) is 1.71. The van der Waals surface area contributed by atoms with E-state index in [1.807, 2.05) is 13.8 Å². The predicted octanol–water partition coefficient (Wildman–Crippen LogP) is 3.45. The highest BCUT2D eigenvalue weighted by Gasteiger charge is 2.22. The molecule has 0 heterocycles. The van der Waals surface area contributed by atoms with Gasteiger partial charge in [-0.25, -0.2) is 8.42 Å². The van der Waals surface area contributed by atoms with E-state index in [1.54, 1.807) is 18.9 Å². The van der Waals surface area contributed by atoms with Crippen molar-refractivity contribution in [2.24, 2.45) is 0 Å². The molecule has 0 radical (unpaired) electrons. The second-order valence-corrected chi connectivity index (χ2v) is 7.63. The van der Waals surface area contributed by atoms with E-state index in [0.717, 1.165) is 6.42 Å². The number of halogens is 2. The molecule has 0 aliphatic rings. The molecule has 1 amide bonds. The number of hydrogen-bond donors (Lipinski definition) is 0. The second kappa shape index (κ2) is 6.33. The van der Waals surface area contributed by atoms with Crippen molar-refractivity contribution in [3.63, 3.8) is 0 Å². The lowest BCUT2D eigenvalue weighted by molar-refractivity contribution is 0.0740. The maximum atomic E-state index is 12.3. The number of carbonyl (C=O) groups excluding carboxylic acids is 1. The molecule has 1 rings (SSSR count). The first-order valence-corrected chi connectivity index (χ1v) is 8.80. The Hall–Kier alpha value is -0.780. The molecule has 0 aliphatic carbocycles. The van der Waals surface area contributed by atoms with E-state index >= 15 is 0 Å². The zero-order chi connectivity index (χ0) is 15.7. The largest absolute Gasteiger partial charge is 0.339 e. The van der Waals surface area contributed by atoms with Crippen molar-refractivity contribution in [1.29, 1.82) is 0 Å². The Bertz CT molecular complexity index is 629. The lowest BCUT2D eigenvalue weighted by Gasteiger charge is -2.24. The van der Waals surface area contributed by atoms with Gasteiger partial charge in [0.2, 0.25) is 0 Å². The zero-order valence-corrected chi connectivity index (χ0v) is 14.1. The van der Waals surface area contributed by atoms with Crippen LogP contribution in [0, 0.1) is 6.92 Å². The van der Waals surface area contributed by atoms with Crippen LogP contribution >= 0.6 is 22.3 Å². The summed E-state index contributed by atoms with van der Waals surface area (Å²) >= 11 is 5.99. The Morgan fingerprint density at radius 3 is 2.40 bits per heavy atom. The van der Waals surface area contributed by atoms with Gasteiger partial charge in [0.25, 0.3) is 15.0 Å². The van der Waals surface area contributed by atoms with E-state index in [2.05, 4.69) is 0 Å². The van der Waals surface area contributed by atoms with Crippen LogP contribution in [0.5, 0.6) is 0 Å². The second-order valence-electron chi connectivity index (χ2n) is 4.69. The van der Waals surface area contributed by atoms with Crippen LogP contribution in [0.2, 0.25) is 5.02 Å². The standard InChI is InChI=1S/C13H17Cl2NO3S/c1-5-8(2)16(4)13(17)10-6-11(14)9(3)12(7-10)20(15,18)19/h6-8H,5H2,1-4H3. The summed E-state index contributed by atoms with van der Waals surface area (Å²) in [5, 5.41) is 0.202. The molecular formula is C13H17Cl2NO3S. The first-order valence-electron chi connectivity index (χ1n) is 6.11. The zero-order valence-electron chi connectivity index (χ0n) is 11.8. The van der Waals surface area contributed by atoms with Crippen LogP contribution in [-0.2, 0) is 9.05 Å². The molecule has 1 aromatic carbocycles. The van der Waals surface area contributed by atoms with E-state index in [0.29, 0.717) is 5.56 Å². The normalized spacial score (nSPS) is 13.1. The molecule has 0 aromatic heterocycles. The third-order valence-electron chi connectivity index (χ3n) is 3.38. The highest BCUT2D eigenvalue weighted by atomic mass is 35.7. The summed E-state index contributed by atoms with van der Waals surface area (Å²) in [6, 6.07) is 2.77. The Morgan fingerprint density at radius 2 is 1.95 bits per heavy atom. The third-order valence-corrected chi connectivity index (χ3v) is 5.22. The highest BCUT2D eigenvalue weighted by molar-refractivity contribution is 8.13. The molecule has 0 aliphatic heterocycles. The van der Waals surface area contributed by atoms with E-state index < -0.39 is 9.05 Å². The van der Waals surface area contributed by atoms with Crippen LogP contribution in [0.15, 0.2) is 17.0 Å². The van der Waals surface area contributed by atoms with Gasteiger partial charge in [-0.2, -0.15) is 0 Å². The maximum Gasteiger partial charge on any atom is 0.261 e. The summed E-state index contributed by atoms with van der Waals surface area (Å²) < 4.78 is 23.0. The summed E-state index contributed by atoms with van der Waals surface area (Å²) in [5.41, 5.74) is 0.548. The fraction of sp³-hybridized carbons (Fsp3) is 0.462. The highest BCUT2D eigenvalue weighted by Crippen LogP contribution is 2.28. The van der Waals surface area contributed by atoms with Gasteiger partial charge in [-0.1, -0.05) is 18.5 Å². The minimum Gasteiger partial charge on any atom is -0.339 e. The summed E-state index contributed by atoms with van der Waals surface area (Å²) in [5.74, 6) is -0.289. The quantitative estimate of drug-likeness (QED) is 0.790. The number of carbonyl (C=O) groups is 1. The van der Waals surface area contributed by atoms with E-state index in [-0.39, 0.29) is 27.4 Å². The van der Waals surface area contributed by atoms with Crippen molar-refractivity contribution in [1.82, 2.24) is 4.90 Å². The third kappa shape index (κ3) is 3.65. The first kappa shape index (κ1) is 17.3. The summed E-state index contributed by atoms with van der Waals surface area (Å²) in [6.07, 6.45) is 0.794. The maximum absolute atomic E-state index is 12.3. The lowest BCUT2D eigenvalue weighted by atomic mass is 10.1. The number of benzene rings is 1. The van der Waals surface area contributed by atoms with Crippen LogP contribution < -0.4 is 0 Å². The van der Waals surface area contributed by atoms with Crippen molar-refractivity contribution < 1.29 is 13.2 Å². The molecule has 112 valence electrons. The molecule has 0 fully saturated rings. The Labute approximate surface area is 129 Å².